The van der Waals surface area contributed by atoms with Crippen molar-refractivity contribution in [2.45, 2.75) is 18.9 Å². The highest BCUT2D eigenvalue weighted by molar-refractivity contribution is 9.10. The van der Waals surface area contributed by atoms with E-state index in [1.807, 2.05) is 30.1 Å². The third kappa shape index (κ3) is 3.16. The number of benzene rings is 1. The number of piperidine rings is 1. The molecule has 1 aliphatic heterocycles. The quantitative estimate of drug-likeness (QED) is 0.728. The van der Waals surface area contributed by atoms with Crippen LogP contribution < -0.4 is 4.90 Å². The van der Waals surface area contributed by atoms with Gasteiger partial charge in [-0.2, -0.15) is 0 Å². The number of anilines is 1. The molecule has 2 aromatic heterocycles. The lowest BCUT2D eigenvalue weighted by atomic mass is 9.91. The van der Waals surface area contributed by atoms with E-state index in [2.05, 4.69) is 49.0 Å². The monoisotopic (exact) mass is 400 g/mol. The van der Waals surface area contributed by atoms with E-state index in [0.717, 1.165) is 47.1 Å². The molecule has 5 nitrogen and oxygen atoms in total. The molecule has 3 heterocycles. The van der Waals surface area contributed by atoms with Gasteiger partial charge in [-0.1, -0.05) is 15.9 Å². The number of hydrogen-bond donors (Lipinski definition) is 1. The van der Waals surface area contributed by atoms with E-state index in [1.165, 1.54) is 5.69 Å². The van der Waals surface area contributed by atoms with E-state index in [1.54, 1.807) is 6.20 Å². The lowest BCUT2D eigenvalue weighted by molar-refractivity contribution is 0.0875. The molecule has 0 saturated carbocycles. The Kier molecular flexibility index (Phi) is 4.48. The van der Waals surface area contributed by atoms with Crippen LogP contribution in [0.4, 0.5) is 5.69 Å². The zero-order valence-electron chi connectivity index (χ0n) is 14.1. The molecule has 1 aliphatic rings. The second-order valence-corrected chi connectivity index (χ2v) is 7.60. The summed E-state index contributed by atoms with van der Waals surface area (Å²) in [5.41, 5.74) is 2.17. The summed E-state index contributed by atoms with van der Waals surface area (Å²) in [6.45, 7) is 1.82. The summed E-state index contributed by atoms with van der Waals surface area (Å²) in [6.07, 6.45) is 7.03. The third-order valence-corrected chi connectivity index (χ3v) is 5.54. The molecule has 6 heteroatoms. The van der Waals surface area contributed by atoms with Crippen molar-refractivity contribution < 1.29 is 5.11 Å². The van der Waals surface area contributed by atoms with Crippen LogP contribution in [0.3, 0.4) is 0 Å². The van der Waals surface area contributed by atoms with Gasteiger partial charge < -0.3 is 14.6 Å². The van der Waals surface area contributed by atoms with Gasteiger partial charge in [0.1, 0.15) is 11.9 Å². The zero-order chi connectivity index (χ0) is 17.4. The molecule has 0 amide bonds. The molecular weight excluding hydrogens is 380 g/mol. The minimum atomic E-state index is -0.537. The number of aliphatic hydroxyl groups excluding tert-OH is 1. The molecule has 1 aromatic carbocycles. The van der Waals surface area contributed by atoms with Gasteiger partial charge >= 0.3 is 0 Å². The van der Waals surface area contributed by atoms with Crippen LogP contribution in [-0.2, 0) is 7.05 Å². The number of imidazole rings is 1. The molecule has 0 spiro atoms. The summed E-state index contributed by atoms with van der Waals surface area (Å²) in [5.74, 6) is 0.920. The van der Waals surface area contributed by atoms with Crippen molar-refractivity contribution in [1.82, 2.24) is 14.5 Å². The summed E-state index contributed by atoms with van der Waals surface area (Å²) < 4.78 is 2.94. The van der Waals surface area contributed by atoms with E-state index in [0.29, 0.717) is 0 Å². The van der Waals surface area contributed by atoms with Gasteiger partial charge in [0.05, 0.1) is 5.52 Å². The predicted octanol–water partition coefficient (Wildman–Crippen LogP) is 3.68. The number of aryl methyl sites for hydroxylation is 1. The first kappa shape index (κ1) is 16.5. The Morgan fingerprint density at radius 1 is 1.24 bits per heavy atom. The fourth-order valence-corrected chi connectivity index (χ4v) is 4.09. The van der Waals surface area contributed by atoms with Crippen LogP contribution in [-0.4, -0.2) is 32.7 Å². The number of pyridine rings is 1. The molecule has 0 radical (unpaired) electrons. The van der Waals surface area contributed by atoms with Gasteiger partial charge in [0.2, 0.25) is 0 Å². The molecule has 1 N–H and O–H groups in total. The summed E-state index contributed by atoms with van der Waals surface area (Å²) in [7, 11) is 1.93. The van der Waals surface area contributed by atoms with Crippen molar-refractivity contribution in [2.75, 3.05) is 18.0 Å². The van der Waals surface area contributed by atoms with Gasteiger partial charge in [0, 0.05) is 60.2 Å². The van der Waals surface area contributed by atoms with Crippen LogP contribution >= 0.6 is 15.9 Å². The Morgan fingerprint density at radius 3 is 2.92 bits per heavy atom. The highest BCUT2D eigenvalue weighted by Crippen LogP contribution is 2.34. The molecule has 1 fully saturated rings. The second-order valence-electron chi connectivity index (χ2n) is 6.68. The van der Waals surface area contributed by atoms with Crippen molar-refractivity contribution in [2.24, 2.45) is 13.0 Å². The largest absolute Gasteiger partial charge is 0.385 e. The normalized spacial score (nSPS) is 19.3. The first-order valence-corrected chi connectivity index (χ1v) is 9.37. The fraction of sp³-hybridized carbons (Fsp3) is 0.368. The maximum Gasteiger partial charge on any atom is 0.137 e. The molecule has 25 heavy (non-hydrogen) atoms. The summed E-state index contributed by atoms with van der Waals surface area (Å²) in [5, 5.41) is 12.0. The predicted molar refractivity (Wildman–Crippen MR) is 103 cm³/mol. The molecule has 2 unspecified atom stereocenters. The van der Waals surface area contributed by atoms with Gasteiger partial charge in [0.15, 0.2) is 0 Å². The molecule has 0 bridgehead atoms. The van der Waals surface area contributed by atoms with Crippen molar-refractivity contribution in [3.63, 3.8) is 0 Å². The van der Waals surface area contributed by atoms with Gasteiger partial charge in [-0.15, -0.1) is 0 Å². The summed E-state index contributed by atoms with van der Waals surface area (Å²) >= 11 is 3.51. The van der Waals surface area contributed by atoms with Crippen LogP contribution in [0.15, 0.2) is 47.3 Å². The Hall–Kier alpha value is -1.92. The van der Waals surface area contributed by atoms with Crippen molar-refractivity contribution in [3.05, 3.63) is 53.2 Å². The Morgan fingerprint density at radius 2 is 2.12 bits per heavy atom. The first-order chi connectivity index (χ1) is 12.1. The van der Waals surface area contributed by atoms with Crippen LogP contribution in [0.1, 0.15) is 24.8 Å². The van der Waals surface area contributed by atoms with E-state index in [4.69, 9.17) is 0 Å². The van der Waals surface area contributed by atoms with E-state index in [-0.39, 0.29) is 5.92 Å². The van der Waals surface area contributed by atoms with Crippen LogP contribution in [0.2, 0.25) is 0 Å². The van der Waals surface area contributed by atoms with Gasteiger partial charge in [-0.25, -0.2) is 4.98 Å². The maximum atomic E-state index is 10.8. The van der Waals surface area contributed by atoms with Crippen molar-refractivity contribution in [3.8, 4) is 0 Å². The van der Waals surface area contributed by atoms with Gasteiger partial charge in [-0.05, 0) is 37.1 Å². The number of hydrogen-bond acceptors (Lipinski definition) is 4. The molecular formula is C19H21BrN4O. The highest BCUT2D eigenvalue weighted by Gasteiger charge is 2.29. The first-order valence-electron chi connectivity index (χ1n) is 8.58. The van der Waals surface area contributed by atoms with Crippen molar-refractivity contribution >= 4 is 32.5 Å². The minimum absolute atomic E-state index is 0.175. The van der Waals surface area contributed by atoms with Crippen LogP contribution in [0.5, 0.6) is 0 Å². The number of fused-ring (bicyclic) bond motifs is 1. The van der Waals surface area contributed by atoms with Crippen molar-refractivity contribution in [1.29, 1.82) is 0 Å². The van der Waals surface area contributed by atoms with Crippen LogP contribution in [0.25, 0.3) is 10.9 Å². The zero-order valence-corrected chi connectivity index (χ0v) is 15.7. The third-order valence-electron chi connectivity index (χ3n) is 5.05. The Bertz CT molecular complexity index is 894. The fourth-order valence-electron chi connectivity index (χ4n) is 3.74. The van der Waals surface area contributed by atoms with Gasteiger partial charge in [0.25, 0.3) is 0 Å². The minimum Gasteiger partial charge on any atom is -0.385 e. The molecule has 130 valence electrons. The molecule has 0 aliphatic carbocycles. The lowest BCUT2D eigenvalue weighted by Crippen LogP contribution is -2.38. The molecule has 4 rings (SSSR count). The lowest BCUT2D eigenvalue weighted by Gasteiger charge is -2.36. The second kappa shape index (κ2) is 6.77. The number of rotatable bonds is 3. The number of aromatic nitrogens is 3. The van der Waals surface area contributed by atoms with E-state index >= 15 is 0 Å². The average molecular weight is 401 g/mol. The number of nitrogens with zero attached hydrogens (tertiary/aromatic N) is 4. The maximum absolute atomic E-state index is 10.8. The number of aliphatic hydroxyl groups is 1. The molecule has 3 aromatic rings. The molecule has 2 atom stereocenters. The standard InChI is InChI=1S/C19H21BrN4O/c1-23-10-8-22-19(23)18(25)13-3-2-9-24(12-13)17-6-7-21-16-11-14(20)4-5-15(16)17/h4-8,10-11,13,18,25H,2-3,9,12H2,1H3. The van der Waals surface area contributed by atoms with Gasteiger partial charge in [-0.3, -0.25) is 4.98 Å². The Labute approximate surface area is 155 Å². The highest BCUT2D eigenvalue weighted by atomic mass is 79.9. The SMILES string of the molecule is Cn1ccnc1C(O)C1CCCN(c2ccnc3cc(Br)ccc23)C1. The van der Waals surface area contributed by atoms with E-state index in [9.17, 15) is 5.11 Å². The van der Waals surface area contributed by atoms with E-state index < -0.39 is 6.10 Å². The summed E-state index contributed by atoms with van der Waals surface area (Å²) in [6, 6.07) is 8.28. The topological polar surface area (TPSA) is 54.2 Å². The Balaban J connectivity index is 1.63. The summed E-state index contributed by atoms with van der Waals surface area (Å²) in [4.78, 5) is 11.2. The smallest absolute Gasteiger partial charge is 0.137 e. The average Bonchev–Trinajstić information content (AvgIpc) is 3.06. The number of halogens is 1. The van der Waals surface area contributed by atoms with Crippen LogP contribution in [0, 0.1) is 5.92 Å². The molecule has 1 saturated heterocycles.